The van der Waals surface area contributed by atoms with Crippen LogP contribution in [0.1, 0.15) is 36.8 Å². The summed E-state index contributed by atoms with van der Waals surface area (Å²) in [5.41, 5.74) is 2.16. The minimum Gasteiger partial charge on any atom is -0.361 e. The Hall–Kier alpha value is -1.17. The summed E-state index contributed by atoms with van der Waals surface area (Å²) >= 11 is 2.02. The highest BCUT2D eigenvalue weighted by Crippen LogP contribution is 2.16. The average molecular weight is 310 g/mol. The normalized spacial score (nSPS) is 19.6. The highest BCUT2D eigenvalue weighted by Gasteiger charge is 2.15. The zero-order valence-electron chi connectivity index (χ0n) is 13.2. The van der Waals surface area contributed by atoms with Gasteiger partial charge in [0.05, 0.1) is 5.69 Å². The largest absolute Gasteiger partial charge is 0.361 e. The minimum absolute atomic E-state index is 0.542. The van der Waals surface area contributed by atoms with Crippen LogP contribution >= 0.6 is 11.8 Å². The van der Waals surface area contributed by atoms with Crippen LogP contribution in [-0.4, -0.2) is 41.8 Å². The Kier molecular flexibility index (Phi) is 6.42. The first-order chi connectivity index (χ1) is 10.2. The van der Waals surface area contributed by atoms with Gasteiger partial charge >= 0.3 is 0 Å². The number of nitrogens with zero attached hydrogens (tertiary/aromatic N) is 2. The minimum atomic E-state index is 0.542. The first-order valence-electron chi connectivity index (χ1n) is 7.75. The molecule has 1 aromatic heterocycles. The Balaban J connectivity index is 1.87. The summed E-state index contributed by atoms with van der Waals surface area (Å²) < 4.78 is 5.19. The molecule has 0 saturated carbocycles. The Bertz CT molecular complexity index is 447. The molecule has 2 N–H and O–H groups in total. The molecule has 0 aromatic carbocycles. The third-order valence-corrected chi connectivity index (χ3v) is 4.87. The van der Waals surface area contributed by atoms with Crippen LogP contribution < -0.4 is 10.6 Å². The van der Waals surface area contributed by atoms with Crippen molar-refractivity contribution in [1.29, 1.82) is 0 Å². The summed E-state index contributed by atoms with van der Waals surface area (Å²) in [4.78, 5) is 4.68. The molecule has 1 aliphatic heterocycles. The molecule has 6 heteroatoms. The molecule has 1 aromatic rings. The summed E-state index contributed by atoms with van der Waals surface area (Å²) in [6, 6.07) is 0.542. The molecule has 2 heterocycles. The molecule has 118 valence electrons. The number of aryl methyl sites for hydroxylation is 2. The summed E-state index contributed by atoms with van der Waals surface area (Å²) in [5.74, 6) is 4.30. The van der Waals surface area contributed by atoms with Crippen molar-refractivity contribution in [2.45, 2.75) is 46.1 Å². The second-order valence-electron chi connectivity index (χ2n) is 5.37. The molecular weight excluding hydrogens is 284 g/mol. The van der Waals surface area contributed by atoms with Gasteiger partial charge in [-0.1, -0.05) is 5.16 Å². The highest BCUT2D eigenvalue weighted by atomic mass is 32.2. The maximum Gasteiger partial charge on any atom is 0.191 e. The van der Waals surface area contributed by atoms with E-state index < -0.39 is 0 Å². The molecule has 21 heavy (non-hydrogen) atoms. The fourth-order valence-corrected chi connectivity index (χ4v) is 3.58. The predicted octanol–water partition coefficient (Wildman–Crippen LogP) is 2.28. The molecule has 1 fully saturated rings. The third kappa shape index (κ3) is 4.95. The van der Waals surface area contributed by atoms with Crippen LogP contribution in [0.4, 0.5) is 0 Å². The summed E-state index contributed by atoms with van der Waals surface area (Å²) in [6.07, 6.45) is 3.40. The number of thioether (sulfide) groups is 1. The number of aliphatic imine (C=N–C) groups is 1. The van der Waals surface area contributed by atoms with E-state index in [0.29, 0.717) is 6.04 Å². The molecule has 1 atom stereocenters. The van der Waals surface area contributed by atoms with Crippen molar-refractivity contribution in [2.24, 2.45) is 4.99 Å². The van der Waals surface area contributed by atoms with Crippen molar-refractivity contribution in [2.75, 3.05) is 24.6 Å². The zero-order chi connectivity index (χ0) is 15.1. The van der Waals surface area contributed by atoms with Gasteiger partial charge in [0.15, 0.2) is 5.96 Å². The van der Waals surface area contributed by atoms with E-state index in [9.17, 15) is 0 Å². The van der Waals surface area contributed by atoms with Gasteiger partial charge in [0, 0.05) is 30.4 Å². The van der Waals surface area contributed by atoms with Crippen molar-refractivity contribution < 1.29 is 4.52 Å². The van der Waals surface area contributed by atoms with Crippen molar-refractivity contribution in [3.63, 3.8) is 0 Å². The van der Waals surface area contributed by atoms with E-state index in [0.717, 1.165) is 36.9 Å². The lowest BCUT2D eigenvalue weighted by atomic mass is 10.1. The quantitative estimate of drug-likeness (QED) is 0.645. The number of hydrogen-bond donors (Lipinski definition) is 2. The molecule has 0 amide bonds. The molecule has 0 spiro atoms. The van der Waals surface area contributed by atoms with Crippen LogP contribution in [0.15, 0.2) is 9.52 Å². The zero-order valence-corrected chi connectivity index (χ0v) is 14.1. The van der Waals surface area contributed by atoms with Crippen molar-refractivity contribution >= 4 is 17.7 Å². The molecule has 5 nitrogen and oxygen atoms in total. The molecule has 1 aliphatic rings. The highest BCUT2D eigenvalue weighted by molar-refractivity contribution is 7.99. The van der Waals surface area contributed by atoms with Gasteiger partial charge in [0.1, 0.15) is 5.76 Å². The second-order valence-corrected chi connectivity index (χ2v) is 6.52. The molecule has 0 radical (unpaired) electrons. The Morgan fingerprint density at radius 2 is 2.33 bits per heavy atom. The van der Waals surface area contributed by atoms with Gasteiger partial charge in [-0.05, 0) is 45.8 Å². The SMILES string of the molecule is CCNC(=NCCc1c(C)noc1C)NC1CCCSC1. The van der Waals surface area contributed by atoms with Crippen LogP contribution in [0.25, 0.3) is 0 Å². The summed E-state index contributed by atoms with van der Waals surface area (Å²) in [7, 11) is 0. The number of guanidine groups is 1. The van der Waals surface area contributed by atoms with Gasteiger partial charge in [-0.15, -0.1) is 0 Å². The molecule has 0 aliphatic carbocycles. The fourth-order valence-electron chi connectivity index (χ4n) is 2.51. The van der Waals surface area contributed by atoms with Gasteiger partial charge in [0.2, 0.25) is 0 Å². The van der Waals surface area contributed by atoms with Crippen molar-refractivity contribution in [3.05, 3.63) is 17.0 Å². The molecule has 1 saturated heterocycles. The van der Waals surface area contributed by atoms with Gasteiger partial charge < -0.3 is 15.2 Å². The Morgan fingerprint density at radius 3 is 2.95 bits per heavy atom. The van der Waals surface area contributed by atoms with Crippen LogP contribution in [0, 0.1) is 13.8 Å². The lowest BCUT2D eigenvalue weighted by Crippen LogP contribution is -2.45. The average Bonchev–Trinajstić information content (AvgIpc) is 2.80. The van der Waals surface area contributed by atoms with E-state index in [1.165, 1.54) is 29.9 Å². The number of nitrogens with one attached hydrogen (secondary N) is 2. The van der Waals surface area contributed by atoms with E-state index in [-0.39, 0.29) is 0 Å². The van der Waals surface area contributed by atoms with E-state index >= 15 is 0 Å². The lowest BCUT2D eigenvalue weighted by Gasteiger charge is -2.24. The van der Waals surface area contributed by atoms with Crippen LogP contribution in [0.2, 0.25) is 0 Å². The van der Waals surface area contributed by atoms with Gasteiger partial charge in [0.25, 0.3) is 0 Å². The van der Waals surface area contributed by atoms with Crippen molar-refractivity contribution in [1.82, 2.24) is 15.8 Å². The summed E-state index contributed by atoms with van der Waals surface area (Å²) in [5, 5.41) is 10.9. The van der Waals surface area contributed by atoms with E-state index in [4.69, 9.17) is 4.52 Å². The van der Waals surface area contributed by atoms with Gasteiger partial charge in [-0.2, -0.15) is 11.8 Å². The van der Waals surface area contributed by atoms with Crippen LogP contribution in [-0.2, 0) is 6.42 Å². The standard InChI is InChI=1S/C15H26N4OS/c1-4-16-15(18-13-6-5-9-21-10-13)17-8-7-14-11(2)19-20-12(14)3/h13H,4-10H2,1-3H3,(H2,16,17,18). The number of aromatic nitrogens is 1. The fraction of sp³-hybridized carbons (Fsp3) is 0.733. The molecule has 2 rings (SSSR count). The number of rotatable bonds is 5. The Labute approximate surface area is 131 Å². The predicted molar refractivity (Wildman–Crippen MR) is 89.1 cm³/mol. The van der Waals surface area contributed by atoms with Gasteiger partial charge in [-0.25, -0.2) is 0 Å². The Morgan fingerprint density at radius 1 is 1.48 bits per heavy atom. The maximum absolute atomic E-state index is 5.19. The van der Waals surface area contributed by atoms with Crippen molar-refractivity contribution in [3.8, 4) is 0 Å². The third-order valence-electron chi connectivity index (χ3n) is 3.66. The smallest absolute Gasteiger partial charge is 0.191 e. The monoisotopic (exact) mass is 310 g/mol. The van der Waals surface area contributed by atoms with Crippen LogP contribution in [0.5, 0.6) is 0 Å². The number of hydrogen-bond acceptors (Lipinski definition) is 4. The maximum atomic E-state index is 5.19. The van der Waals surface area contributed by atoms with E-state index in [1.807, 2.05) is 25.6 Å². The molecular formula is C15H26N4OS. The first kappa shape index (κ1) is 16.2. The lowest BCUT2D eigenvalue weighted by molar-refractivity contribution is 0.392. The molecule has 0 bridgehead atoms. The topological polar surface area (TPSA) is 62.5 Å². The van der Waals surface area contributed by atoms with Crippen LogP contribution in [0.3, 0.4) is 0 Å². The van der Waals surface area contributed by atoms with E-state index in [2.05, 4.69) is 27.7 Å². The van der Waals surface area contributed by atoms with E-state index in [1.54, 1.807) is 0 Å². The van der Waals surface area contributed by atoms with Gasteiger partial charge in [-0.3, -0.25) is 4.99 Å². The first-order valence-corrected chi connectivity index (χ1v) is 8.90. The second kappa shape index (κ2) is 8.32. The summed E-state index contributed by atoms with van der Waals surface area (Å²) in [6.45, 7) is 7.68. The molecule has 1 unspecified atom stereocenters.